The van der Waals surface area contributed by atoms with Gasteiger partial charge in [0.2, 0.25) is 0 Å². The minimum Gasteiger partial charge on any atom is -0.0651 e. The van der Waals surface area contributed by atoms with Gasteiger partial charge in [-0.2, -0.15) is 0 Å². The van der Waals surface area contributed by atoms with Gasteiger partial charge in [0.05, 0.1) is 0 Å². The highest BCUT2D eigenvalue weighted by molar-refractivity contribution is 4.75. The van der Waals surface area contributed by atoms with Gasteiger partial charge in [0.1, 0.15) is 0 Å². The Balaban J connectivity index is 1.55. The summed E-state index contributed by atoms with van der Waals surface area (Å²) in [5, 5.41) is 0. The van der Waals surface area contributed by atoms with Crippen molar-refractivity contribution in [2.24, 2.45) is 17.8 Å². The Kier molecular flexibility index (Phi) is 5.88. The molecule has 0 radical (unpaired) electrons. The van der Waals surface area contributed by atoms with Crippen LogP contribution in [0.1, 0.15) is 90.4 Å². The maximum Gasteiger partial charge on any atom is -0.0386 e. The summed E-state index contributed by atoms with van der Waals surface area (Å²) in [7, 11) is 0. The van der Waals surface area contributed by atoms with E-state index in [1.165, 1.54) is 51.4 Å². The second kappa shape index (κ2) is 7.44. The summed E-state index contributed by atoms with van der Waals surface area (Å²) in [5.41, 5.74) is 0. The third-order valence-corrected chi connectivity index (χ3v) is 5.50. The second-order valence-electron chi connectivity index (χ2n) is 6.65. The third-order valence-electron chi connectivity index (χ3n) is 5.50. The van der Waals surface area contributed by atoms with Crippen molar-refractivity contribution in [3.05, 3.63) is 0 Å². The molecular weight excluding hydrogens is 204 g/mol. The smallest absolute Gasteiger partial charge is 0.0386 e. The summed E-state index contributed by atoms with van der Waals surface area (Å²) in [6.45, 7) is 2.42. The van der Waals surface area contributed by atoms with Crippen molar-refractivity contribution in [3.63, 3.8) is 0 Å². The quantitative estimate of drug-likeness (QED) is 0.479. The molecule has 0 bridgehead atoms. The molecule has 0 aromatic heterocycles. The lowest BCUT2D eigenvalue weighted by molar-refractivity contribution is 0.296. The predicted octanol–water partition coefficient (Wildman–Crippen LogP) is 5.95. The molecule has 0 aromatic carbocycles. The van der Waals surface area contributed by atoms with Crippen LogP contribution in [0.25, 0.3) is 0 Å². The van der Waals surface area contributed by atoms with Gasteiger partial charge >= 0.3 is 0 Å². The standard InChI is InChI=1S/C17H32/c1-2-16(17-13-7-8-14-17)12-6-5-11-15-9-3-4-10-15/h15-17H,2-14H2,1H3. The van der Waals surface area contributed by atoms with E-state index < -0.39 is 0 Å². The Morgan fingerprint density at radius 3 is 2.18 bits per heavy atom. The molecule has 2 aliphatic rings. The molecule has 0 heteroatoms. The first-order valence-corrected chi connectivity index (χ1v) is 8.40. The summed E-state index contributed by atoms with van der Waals surface area (Å²) in [6.07, 6.45) is 19.8. The van der Waals surface area contributed by atoms with Crippen molar-refractivity contribution >= 4 is 0 Å². The van der Waals surface area contributed by atoms with Crippen LogP contribution >= 0.6 is 0 Å². The molecule has 0 saturated heterocycles. The van der Waals surface area contributed by atoms with Crippen LogP contribution in [0.4, 0.5) is 0 Å². The Hall–Kier alpha value is 0. The molecule has 2 saturated carbocycles. The van der Waals surface area contributed by atoms with Gasteiger partial charge in [-0.3, -0.25) is 0 Å². The van der Waals surface area contributed by atoms with Gasteiger partial charge in [0, 0.05) is 0 Å². The average Bonchev–Trinajstić information content (AvgIpc) is 3.01. The summed E-state index contributed by atoms with van der Waals surface area (Å²) in [5.74, 6) is 3.29. The minimum atomic E-state index is 1.07. The number of hydrogen-bond donors (Lipinski definition) is 0. The van der Waals surface area contributed by atoms with E-state index in [4.69, 9.17) is 0 Å². The number of unbranched alkanes of at least 4 members (excludes halogenated alkanes) is 1. The molecule has 1 unspecified atom stereocenters. The Bertz CT molecular complexity index is 184. The van der Waals surface area contributed by atoms with Crippen molar-refractivity contribution < 1.29 is 0 Å². The van der Waals surface area contributed by atoms with Gasteiger partial charge in [0.15, 0.2) is 0 Å². The summed E-state index contributed by atoms with van der Waals surface area (Å²) in [4.78, 5) is 0. The van der Waals surface area contributed by atoms with E-state index >= 15 is 0 Å². The number of rotatable bonds is 7. The van der Waals surface area contributed by atoms with Gasteiger partial charge < -0.3 is 0 Å². The van der Waals surface area contributed by atoms with Gasteiger partial charge in [0.25, 0.3) is 0 Å². The molecule has 0 N–H and O–H groups in total. The van der Waals surface area contributed by atoms with E-state index in [9.17, 15) is 0 Å². The van der Waals surface area contributed by atoms with E-state index in [0.717, 1.165) is 17.8 Å². The van der Waals surface area contributed by atoms with Crippen LogP contribution in [0.3, 0.4) is 0 Å². The van der Waals surface area contributed by atoms with Crippen LogP contribution in [0.15, 0.2) is 0 Å². The molecule has 0 amide bonds. The molecule has 0 spiro atoms. The van der Waals surface area contributed by atoms with Crippen LogP contribution in [0.5, 0.6) is 0 Å². The molecular formula is C17H32. The fourth-order valence-corrected chi connectivity index (χ4v) is 4.34. The van der Waals surface area contributed by atoms with E-state index in [1.54, 1.807) is 32.1 Å². The van der Waals surface area contributed by atoms with Crippen molar-refractivity contribution in [2.45, 2.75) is 90.4 Å². The Morgan fingerprint density at radius 2 is 1.53 bits per heavy atom. The first-order chi connectivity index (χ1) is 8.40. The van der Waals surface area contributed by atoms with E-state index in [2.05, 4.69) is 6.92 Å². The molecule has 2 fully saturated rings. The lowest BCUT2D eigenvalue weighted by Gasteiger charge is -2.22. The first kappa shape index (κ1) is 13.4. The Labute approximate surface area is 109 Å². The van der Waals surface area contributed by atoms with Gasteiger partial charge in [-0.25, -0.2) is 0 Å². The highest BCUT2D eigenvalue weighted by Crippen LogP contribution is 2.36. The maximum atomic E-state index is 2.42. The van der Waals surface area contributed by atoms with E-state index in [1.807, 2.05) is 0 Å². The van der Waals surface area contributed by atoms with Crippen LogP contribution in [0, 0.1) is 17.8 Å². The normalized spacial score (nSPS) is 24.5. The largest absolute Gasteiger partial charge is 0.0651 e. The van der Waals surface area contributed by atoms with Crippen LogP contribution < -0.4 is 0 Å². The van der Waals surface area contributed by atoms with Crippen LogP contribution in [0.2, 0.25) is 0 Å². The molecule has 0 nitrogen and oxygen atoms in total. The van der Waals surface area contributed by atoms with Gasteiger partial charge in [-0.05, 0) is 17.8 Å². The zero-order chi connectivity index (χ0) is 11.9. The predicted molar refractivity (Wildman–Crippen MR) is 76.2 cm³/mol. The zero-order valence-corrected chi connectivity index (χ0v) is 11.9. The van der Waals surface area contributed by atoms with Crippen LogP contribution in [-0.2, 0) is 0 Å². The molecule has 0 heterocycles. The maximum absolute atomic E-state index is 2.42. The minimum absolute atomic E-state index is 1.07. The monoisotopic (exact) mass is 236 g/mol. The molecule has 0 aromatic rings. The molecule has 17 heavy (non-hydrogen) atoms. The lowest BCUT2D eigenvalue weighted by atomic mass is 9.84. The summed E-state index contributed by atoms with van der Waals surface area (Å²) >= 11 is 0. The molecule has 0 aliphatic heterocycles. The molecule has 2 rings (SSSR count). The molecule has 1 atom stereocenters. The van der Waals surface area contributed by atoms with Crippen molar-refractivity contribution in [1.29, 1.82) is 0 Å². The van der Waals surface area contributed by atoms with Crippen molar-refractivity contribution in [1.82, 2.24) is 0 Å². The topological polar surface area (TPSA) is 0 Å². The Morgan fingerprint density at radius 1 is 0.882 bits per heavy atom. The van der Waals surface area contributed by atoms with Crippen LogP contribution in [-0.4, -0.2) is 0 Å². The number of hydrogen-bond acceptors (Lipinski definition) is 0. The van der Waals surface area contributed by atoms with Crippen molar-refractivity contribution in [3.8, 4) is 0 Å². The van der Waals surface area contributed by atoms with E-state index in [-0.39, 0.29) is 0 Å². The molecule has 100 valence electrons. The fraction of sp³-hybridized carbons (Fsp3) is 1.00. The summed E-state index contributed by atoms with van der Waals surface area (Å²) in [6, 6.07) is 0. The summed E-state index contributed by atoms with van der Waals surface area (Å²) < 4.78 is 0. The molecule has 2 aliphatic carbocycles. The van der Waals surface area contributed by atoms with Gasteiger partial charge in [-0.1, -0.05) is 90.4 Å². The van der Waals surface area contributed by atoms with E-state index in [0.29, 0.717) is 0 Å². The zero-order valence-electron chi connectivity index (χ0n) is 11.9. The second-order valence-corrected chi connectivity index (χ2v) is 6.65. The highest BCUT2D eigenvalue weighted by Gasteiger charge is 2.23. The average molecular weight is 236 g/mol. The highest BCUT2D eigenvalue weighted by atomic mass is 14.3. The lowest BCUT2D eigenvalue weighted by Crippen LogP contribution is -2.10. The first-order valence-electron chi connectivity index (χ1n) is 8.40. The van der Waals surface area contributed by atoms with Crippen molar-refractivity contribution in [2.75, 3.05) is 0 Å². The van der Waals surface area contributed by atoms with Gasteiger partial charge in [-0.15, -0.1) is 0 Å². The third kappa shape index (κ3) is 4.30. The SMILES string of the molecule is CCC(CCCCC1CCCC1)C1CCCC1. The fourth-order valence-electron chi connectivity index (χ4n) is 4.34.